The fourth-order valence-corrected chi connectivity index (χ4v) is 4.81. The monoisotopic (exact) mass is 464 g/mol. The van der Waals surface area contributed by atoms with Crippen LogP contribution in [0.5, 0.6) is 0 Å². The number of aromatic nitrogens is 2. The van der Waals surface area contributed by atoms with Gasteiger partial charge in [0, 0.05) is 36.0 Å². The van der Waals surface area contributed by atoms with Gasteiger partial charge in [0.05, 0.1) is 16.5 Å². The Hall–Kier alpha value is -3.58. The van der Waals surface area contributed by atoms with Gasteiger partial charge in [-0.1, -0.05) is 25.0 Å². The molecule has 10 heteroatoms. The van der Waals surface area contributed by atoms with E-state index >= 15 is 0 Å². The topological polar surface area (TPSA) is 120 Å². The summed E-state index contributed by atoms with van der Waals surface area (Å²) in [5.74, 6) is -0.842. The van der Waals surface area contributed by atoms with Gasteiger partial charge in [-0.25, -0.2) is 4.39 Å². The van der Waals surface area contributed by atoms with Crippen LogP contribution >= 0.6 is 11.5 Å². The van der Waals surface area contributed by atoms with E-state index in [-0.39, 0.29) is 5.91 Å². The minimum atomic E-state index is -0.924. The minimum Gasteiger partial charge on any atom is -0.371 e. The van der Waals surface area contributed by atoms with Gasteiger partial charge in [-0.3, -0.25) is 14.6 Å². The van der Waals surface area contributed by atoms with E-state index in [0.29, 0.717) is 30.0 Å². The van der Waals surface area contributed by atoms with Gasteiger partial charge in [0.15, 0.2) is 0 Å². The number of fused-ring (bicyclic) bond motifs is 2. The molecule has 3 N–H and O–H groups in total. The van der Waals surface area contributed by atoms with E-state index in [2.05, 4.69) is 31.4 Å². The number of halogens is 1. The van der Waals surface area contributed by atoms with E-state index in [1.807, 2.05) is 0 Å². The molecule has 3 aromatic rings. The minimum absolute atomic E-state index is 0.329. The van der Waals surface area contributed by atoms with Crippen LogP contribution in [-0.2, 0) is 16.0 Å². The van der Waals surface area contributed by atoms with Gasteiger partial charge in [-0.15, -0.1) is 0 Å². The van der Waals surface area contributed by atoms with Crippen LogP contribution in [0.1, 0.15) is 36.4 Å². The number of carbonyl (C=O) groups is 2. The number of nitrogens with one attached hydrogen (secondary N) is 3. The molecule has 1 aliphatic carbocycles. The van der Waals surface area contributed by atoms with Crippen LogP contribution < -0.4 is 16.0 Å². The van der Waals surface area contributed by atoms with Gasteiger partial charge in [0.2, 0.25) is 11.8 Å². The molecule has 1 saturated carbocycles. The number of rotatable bonds is 7. The third-order valence-electron chi connectivity index (χ3n) is 6.10. The van der Waals surface area contributed by atoms with E-state index in [4.69, 9.17) is 0 Å². The highest BCUT2D eigenvalue weighted by Crippen LogP contribution is 2.34. The van der Waals surface area contributed by atoms with Crippen LogP contribution in [0.3, 0.4) is 0 Å². The van der Waals surface area contributed by atoms with Gasteiger partial charge in [0.1, 0.15) is 23.9 Å². The molecule has 2 aliphatic rings. The van der Waals surface area contributed by atoms with Crippen LogP contribution in [0.15, 0.2) is 36.8 Å². The number of nitrogens with zero attached hydrogens (tertiary/aromatic N) is 3. The Labute approximate surface area is 193 Å². The van der Waals surface area contributed by atoms with Gasteiger partial charge in [0.25, 0.3) is 0 Å². The van der Waals surface area contributed by atoms with E-state index in [9.17, 15) is 19.2 Å². The summed E-state index contributed by atoms with van der Waals surface area (Å²) < 4.78 is 19.0. The highest BCUT2D eigenvalue weighted by molar-refractivity contribution is 7.13. The molecule has 1 aromatic carbocycles. The number of hydrogen-bond donors (Lipinski definition) is 3. The maximum atomic E-state index is 14.0. The Morgan fingerprint density at radius 3 is 2.88 bits per heavy atom. The second-order valence-electron chi connectivity index (χ2n) is 8.45. The summed E-state index contributed by atoms with van der Waals surface area (Å²) in [5, 5.41) is 19.0. The summed E-state index contributed by atoms with van der Waals surface area (Å²) in [6.45, 7) is 0. The zero-order valence-corrected chi connectivity index (χ0v) is 18.4. The van der Waals surface area contributed by atoms with Crippen LogP contribution in [0.25, 0.3) is 10.1 Å². The molecule has 2 aromatic heterocycles. The predicted octanol–water partition coefficient (Wildman–Crippen LogP) is 2.83. The number of benzene rings is 1. The normalized spacial score (nSPS) is 18.6. The van der Waals surface area contributed by atoms with Gasteiger partial charge >= 0.3 is 0 Å². The summed E-state index contributed by atoms with van der Waals surface area (Å²) in [5.41, 5.74) is 1.63. The number of nitriles is 1. The van der Waals surface area contributed by atoms with Gasteiger partial charge in [-0.2, -0.15) is 9.64 Å². The molecule has 1 aliphatic heterocycles. The second kappa shape index (κ2) is 8.75. The molecule has 3 unspecified atom stereocenters. The SMILES string of the molecule is N#CC(NC(=O)C(CC1CC1)NC(=O)C1Cc2cccc(F)c2N1)c1cncc2sncc12. The highest BCUT2D eigenvalue weighted by Gasteiger charge is 2.35. The first-order valence-corrected chi connectivity index (χ1v) is 11.5. The molecule has 0 spiro atoms. The zero-order valence-electron chi connectivity index (χ0n) is 17.5. The molecule has 168 valence electrons. The molecule has 33 heavy (non-hydrogen) atoms. The maximum absolute atomic E-state index is 14.0. The largest absolute Gasteiger partial charge is 0.371 e. The lowest BCUT2D eigenvalue weighted by molar-refractivity contribution is -0.129. The third kappa shape index (κ3) is 4.36. The van der Waals surface area contributed by atoms with Crippen molar-refractivity contribution < 1.29 is 14.0 Å². The predicted molar refractivity (Wildman–Crippen MR) is 121 cm³/mol. The zero-order chi connectivity index (χ0) is 22.9. The van der Waals surface area contributed by atoms with Crippen molar-refractivity contribution in [2.45, 2.75) is 43.8 Å². The number of para-hydroxylation sites is 1. The summed E-state index contributed by atoms with van der Waals surface area (Å²) in [7, 11) is 0. The first-order valence-electron chi connectivity index (χ1n) is 10.8. The molecular weight excluding hydrogens is 443 g/mol. The third-order valence-corrected chi connectivity index (χ3v) is 6.83. The molecule has 0 radical (unpaired) electrons. The fourth-order valence-electron chi connectivity index (χ4n) is 4.16. The first-order chi connectivity index (χ1) is 16.0. The van der Waals surface area contributed by atoms with Crippen molar-refractivity contribution in [1.29, 1.82) is 5.26 Å². The van der Waals surface area contributed by atoms with Crippen molar-refractivity contribution in [1.82, 2.24) is 20.0 Å². The van der Waals surface area contributed by atoms with Gasteiger partial charge < -0.3 is 16.0 Å². The van der Waals surface area contributed by atoms with Crippen LogP contribution in [-0.4, -0.2) is 33.3 Å². The summed E-state index contributed by atoms with van der Waals surface area (Å²) >= 11 is 1.26. The summed E-state index contributed by atoms with van der Waals surface area (Å²) in [6.07, 6.45) is 7.71. The molecule has 3 atom stereocenters. The maximum Gasteiger partial charge on any atom is 0.243 e. The van der Waals surface area contributed by atoms with Crippen molar-refractivity contribution >= 4 is 39.1 Å². The average molecular weight is 465 g/mol. The van der Waals surface area contributed by atoms with Crippen LogP contribution in [0.4, 0.5) is 10.1 Å². The van der Waals surface area contributed by atoms with E-state index < -0.39 is 29.8 Å². The Kier molecular flexibility index (Phi) is 5.64. The lowest BCUT2D eigenvalue weighted by atomic mass is 10.0. The van der Waals surface area contributed by atoms with Crippen LogP contribution in [0.2, 0.25) is 0 Å². The lowest BCUT2D eigenvalue weighted by Gasteiger charge is -2.22. The summed E-state index contributed by atoms with van der Waals surface area (Å²) in [4.78, 5) is 30.3. The quantitative estimate of drug-likeness (QED) is 0.495. The van der Waals surface area contributed by atoms with Crippen molar-refractivity contribution in [3.63, 3.8) is 0 Å². The molecular formula is C23H21FN6O2S. The smallest absolute Gasteiger partial charge is 0.243 e. The van der Waals surface area contributed by atoms with Gasteiger partial charge in [-0.05, 0) is 35.5 Å². The molecule has 3 heterocycles. The Morgan fingerprint density at radius 2 is 2.12 bits per heavy atom. The first kappa shape index (κ1) is 21.3. The number of pyridine rings is 1. The Morgan fingerprint density at radius 1 is 1.27 bits per heavy atom. The summed E-state index contributed by atoms with van der Waals surface area (Å²) in [6, 6.07) is 4.48. The molecule has 8 nitrogen and oxygen atoms in total. The molecule has 5 rings (SSSR count). The Balaban J connectivity index is 1.30. The number of carbonyl (C=O) groups excluding carboxylic acids is 2. The molecule has 1 fully saturated rings. The number of amides is 2. The highest BCUT2D eigenvalue weighted by atomic mass is 32.1. The molecule has 0 saturated heterocycles. The van der Waals surface area contributed by atoms with Crippen molar-refractivity contribution in [3.8, 4) is 6.07 Å². The van der Waals surface area contributed by atoms with E-state index in [0.717, 1.165) is 28.5 Å². The second-order valence-corrected chi connectivity index (χ2v) is 9.29. The number of hydrogen-bond acceptors (Lipinski definition) is 7. The fraction of sp³-hybridized carbons (Fsp3) is 0.348. The lowest BCUT2D eigenvalue weighted by Crippen LogP contribution is -2.51. The van der Waals surface area contributed by atoms with Crippen LogP contribution in [0, 0.1) is 23.1 Å². The van der Waals surface area contributed by atoms with Crippen molar-refractivity contribution in [2.24, 2.45) is 5.92 Å². The Bertz CT molecular complexity index is 1270. The van der Waals surface area contributed by atoms with E-state index in [1.165, 1.54) is 17.6 Å². The molecule has 0 bridgehead atoms. The average Bonchev–Trinajstić information content (AvgIpc) is 3.31. The number of anilines is 1. The van der Waals surface area contributed by atoms with E-state index in [1.54, 1.807) is 30.7 Å². The van der Waals surface area contributed by atoms with Crippen molar-refractivity contribution in [2.75, 3.05) is 5.32 Å². The van der Waals surface area contributed by atoms with Crippen molar-refractivity contribution in [3.05, 3.63) is 53.7 Å². The molecule has 2 amide bonds. The standard InChI is InChI=1S/C23H21FN6O2S/c24-16-3-1-2-13-7-18(28-21(13)16)23(32)29-17(6-12-4-5-12)22(31)30-19(8-25)14-9-26-11-20-15(14)10-27-33-20/h1-3,9-12,17-19,28H,4-7H2,(H,29,32)(H,30,31).